The average Bonchev–Trinajstić information content (AvgIpc) is 2.46. The molecule has 2 rings (SSSR count). The number of amides is 3. The smallest absolute Gasteiger partial charge is 0.325 e. The van der Waals surface area contributed by atoms with Gasteiger partial charge in [-0.1, -0.05) is 29.8 Å². The van der Waals surface area contributed by atoms with E-state index in [0.29, 0.717) is 32.8 Å². The number of benzene rings is 1. The lowest BCUT2D eigenvalue weighted by Crippen LogP contribution is -2.50. The summed E-state index contributed by atoms with van der Waals surface area (Å²) in [6.07, 6.45) is 0.318. The highest BCUT2D eigenvalue weighted by Crippen LogP contribution is 2.04. The summed E-state index contributed by atoms with van der Waals surface area (Å²) < 4.78 is 10.9. The topological polar surface area (TPSA) is 67.9 Å². The van der Waals surface area contributed by atoms with E-state index in [2.05, 4.69) is 5.32 Å². The van der Waals surface area contributed by atoms with E-state index in [4.69, 9.17) is 9.47 Å². The Labute approximate surface area is 124 Å². The van der Waals surface area contributed by atoms with E-state index >= 15 is 0 Å². The molecule has 1 heterocycles. The molecule has 1 saturated heterocycles. The molecule has 0 aromatic heterocycles. The SMILES string of the molecule is Cc1ccc(COCCOCN2CCC(=O)NC2=O)cc1. The Balaban J connectivity index is 1.55. The Morgan fingerprint density at radius 1 is 1.14 bits per heavy atom. The van der Waals surface area contributed by atoms with Gasteiger partial charge in [-0.05, 0) is 12.5 Å². The molecule has 1 aliphatic rings. The van der Waals surface area contributed by atoms with E-state index in [9.17, 15) is 9.59 Å². The third-order valence-corrected chi connectivity index (χ3v) is 3.15. The number of nitrogens with one attached hydrogen (secondary N) is 1. The Morgan fingerprint density at radius 3 is 2.57 bits per heavy atom. The summed E-state index contributed by atoms with van der Waals surface area (Å²) in [6.45, 7) is 4.03. The number of carbonyl (C=O) groups is 2. The van der Waals surface area contributed by atoms with Crippen LogP contribution in [0.5, 0.6) is 0 Å². The van der Waals surface area contributed by atoms with Crippen LogP contribution in [0, 0.1) is 6.92 Å². The van der Waals surface area contributed by atoms with Crippen LogP contribution in [-0.2, 0) is 20.9 Å². The summed E-state index contributed by atoms with van der Waals surface area (Å²) in [5.74, 6) is -0.238. The number of nitrogens with zero attached hydrogens (tertiary/aromatic N) is 1. The molecule has 1 aromatic rings. The van der Waals surface area contributed by atoms with Gasteiger partial charge in [0.15, 0.2) is 0 Å². The van der Waals surface area contributed by atoms with Crippen LogP contribution in [-0.4, -0.2) is 43.3 Å². The molecule has 6 heteroatoms. The second kappa shape index (κ2) is 7.75. The molecule has 6 nitrogen and oxygen atoms in total. The molecule has 1 aliphatic heterocycles. The second-order valence-corrected chi connectivity index (χ2v) is 4.94. The summed E-state index contributed by atoms with van der Waals surface area (Å²) >= 11 is 0. The van der Waals surface area contributed by atoms with Gasteiger partial charge in [-0.3, -0.25) is 10.1 Å². The van der Waals surface area contributed by atoms with Gasteiger partial charge in [-0.2, -0.15) is 0 Å². The van der Waals surface area contributed by atoms with Gasteiger partial charge in [0.2, 0.25) is 5.91 Å². The summed E-state index contributed by atoms with van der Waals surface area (Å²) in [5.41, 5.74) is 2.34. The highest BCUT2D eigenvalue weighted by Gasteiger charge is 2.22. The Morgan fingerprint density at radius 2 is 1.86 bits per heavy atom. The van der Waals surface area contributed by atoms with Gasteiger partial charge < -0.3 is 14.4 Å². The molecule has 1 N–H and O–H groups in total. The minimum atomic E-state index is -0.396. The molecule has 1 aromatic carbocycles. The van der Waals surface area contributed by atoms with Gasteiger partial charge in [-0.15, -0.1) is 0 Å². The molecule has 0 atom stereocenters. The quantitative estimate of drug-likeness (QED) is 0.772. The molecule has 1 fully saturated rings. The standard InChI is InChI=1S/C15H20N2O4/c1-12-2-4-13(5-3-12)10-20-8-9-21-11-17-7-6-14(18)16-15(17)19/h2-5H,6-11H2,1H3,(H,16,18,19). The van der Waals surface area contributed by atoms with Crippen LogP contribution in [0.2, 0.25) is 0 Å². The summed E-state index contributed by atoms with van der Waals surface area (Å²) in [4.78, 5) is 23.9. The van der Waals surface area contributed by atoms with Gasteiger partial charge in [0.1, 0.15) is 6.73 Å². The minimum Gasteiger partial charge on any atom is -0.374 e. The third kappa shape index (κ3) is 5.17. The van der Waals surface area contributed by atoms with Crippen molar-refractivity contribution in [2.75, 3.05) is 26.5 Å². The monoisotopic (exact) mass is 292 g/mol. The lowest BCUT2D eigenvalue weighted by atomic mass is 10.2. The van der Waals surface area contributed by atoms with Crippen molar-refractivity contribution in [2.45, 2.75) is 20.0 Å². The lowest BCUT2D eigenvalue weighted by Gasteiger charge is -2.25. The molecular weight excluding hydrogens is 272 g/mol. The fourth-order valence-corrected chi connectivity index (χ4v) is 1.89. The first-order valence-corrected chi connectivity index (χ1v) is 6.95. The largest absolute Gasteiger partial charge is 0.374 e. The van der Waals surface area contributed by atoms with E-state index in [-0.39, 0.29) is 12.6 Å². The van der Waals surface area contributed by atoms with Crippen molar-refractivity contribution < 1.29 is 19.1 Å². The predicted molar refractivity (Wildman–Crippen MR) is 76.5 cm³/mol. The van der Waals surface area contributed by atoms with Gasteiger partial charge in [0.05, 0.1) is 19.8 Å². The van der Waals surface area contributed by atoms with Crippen LogP contribution in [0.1, 0.15) is 17.5 Å². The molecule has 0 saturated carbocycles. The maximum absolute atomic E-state index is 11.4. The van der Waals surface area contributed by atoms with Crippen molar-refractivity contribution in [2.24, 2.45) is 0 Å². The number of hydrogen-bond acceptors (Lipinski definition) is 4. The first-order valence-electron chi connectivity index (χ1n) is 6.95. The van der Waals surface area contributed by atoms with Gasteiger partial charge in [-0.25, -0.2) is 4.79 Å². The van der Waals surface area contributed by atoms with E-state index in [1.54, 1.807) is 0 Å². The second-order valence-electron chi connectivity index (χ2n) is 4.94. The Bertz CT molecular complexity index is 487. The van der Waals surface area contributed by atoms with Crippen LogP contribution in [0.4, 0.5) is 4.79 Å². The zero-order valence-corrected chi connectivity index (χ0v) is 12.1. The number of imide groups is 1. The van der Waals surface area contributed by atoms with E-state index < -0.39 is 6.03 Å². The molecule has 21 heavy (non-hydrogen) atoms. The van der Waals surface area contributed by atoms with E-state index in [0.717, 1.165) is 5.56 Å². The fourth-order valence-electron chi connectivity index (χ4n) is 1.89. The Kier molecular flexibility index (Phi) is 5.71. The zero-order chi connectivity index (χ0) is 15.1. The van der Waals surface area contributed by atoms with E-state index in [1.165, 1.54) is 10.5 Å². The highest BCUT2D eigenvalue weighted by molar-refractivity contribution is 5.96. The molecule has 0 aliphatic carbocycles. The number of ether oxygens (including phenoxy) is 2. The predicted octanol–water partition coefficient (Wildman–Crippen LogP) is 1.43. The first-order chi connectivity index (χ1) is 10.1. The average molecular weight is 292 g/mol. The minimum absolute atomic E-state index is 0.174. The molecule has 0 bridgehead atoms. The van der Waals surface area contributed by atoms with Crippen molar-refractivity contribution in [1.82, 2.24) is 10.2 Å². The molecule has 114 valence electrons. The first kappa shape index (κ1) is 15.5. The Hall–Kier alpha value is -1.92. The lowest BCUT2D eigenvalue weighted by molar-refractivity contribution is -0.122. The van der Waals surface area contributed by atoms with Crippen molar-refractivity contribution in [3.8, 4) is 0 Å². The fraction of sp³-hybridized carbons (Fsp3) is 0.467. The third-order valence-electron chi connectivity index (χ3n) is 3.15. The van der Waals surface area contributed by atoms with Crippen LogP contribution < -0.4 is 5.32 Å². The molecule has 0 unspecified atom stereocenters. The van der Waals surface area contributed by atoms with Crippen molar-refractivity contribution in [1.29, 1.82) is 0 Å². The van der Waals surface area contributed by atoms with E-state index in [1.807, 2.05) is 31.2 Å². The number of aryl methyl sites for hydroxylation is 1. The van der Waals surface area contributed by atoms with Crippen LogP contribution in [0.3, 0.4) is 0 Å². The van der Waals surface area contributed by atoms with Crippen molar-refractivity contribution in [3.63, 3.8) is 0 Å². The number of carbonyl (C=O) groups excluding carboxylic acids is 2. The molecule has 0 spiro atoms. The summed E-state index contributed by atoms with van der Waals surface area (Å²) in [5, 5.41) is 2.24. The van der Waals surface area contributed by atoms with Crippen LogP contribution in [0.25, 0.3) is 0 Å². The normalized spacial score (nSPS) is 15.2. The highest BCUT2D eigenvalue weighted by atomic mass is 16.5. The summed E-state index contributed by atoms with van der Waals surface area (Å²) in [7, 11) is 0. The maximum atomic E-state index is 11.4. The number of rotatable bonds is 7. The van der Waals surface area contributed by atoms with Crippen molar-refractivity contribution in [3.05, 3.63) is 35.4 Å². The van der Waals surface area contributed by atoms with Gasteiger partial charge in [0.25, 0.3) is 0 Å². The number of hydrogen-bond donors (Lipinski definition) is 1. The molecular formula is C15H20N2O4. The number of urea groups is 1. The van der Waals surface area contributed by atoms with Crippen molar-refractivity contribution >= 4 is 11.9 Å². The van der Waals surface area contributed by atoms with Crippen LogP contribution >= 0.6 is 0 Å². The zero-order valence-electron chi connectivity index (χ0n) is 12.1. The van der Waals surface area contributed by atoms with Gasteiger partial charge >= 0.3 is 6.03 Å². The maximum Gasteiger partial charge on any atom is 0.325 e. The van der Waals surface area contributed by atoms with Gasteiger partial charge in [0, 0.05) is 13.0 Å². The summed E-state index contributed by atoms with van der Waals surface area (Å²) in [6, 6.07) is 7.76. The molecule has 3 amide bonds. The molecule has 0 radical (unpaired) electrons. The van der Waals surface area contributed by atoms with Crippen LogP contribution in [0.15, 0.2) is 24.3 Å².